The zero-order valence-electron chi connectivity index (χ0n) is 49.8. The molecule has 0 saturated carbocycles. The number of unbranched alkanes of at least 4 members (excludes halogenated alkanes) is 41. The van der Waals surface area contributed by atoms with Gasteiger partial charge in [0.1, 0.15) is 24.4 Å². The second-order valence-corrected chi connectivity index (χ2v) is 22.9. The number of rotatable bonds is 57. The Morgan fingerprint density at radius 3 is 1.14 bits per heavy atom. The molecule has 0 bridgehead atoms. The monoisotopic (exact) mass is 1070 g/mol. The van der Waals surface area contributed by atoms with Gasteiger partial charge in [0.2, 0.25) is 5.91 Å². The number of carbonyl (C=O) groups excluding carboxylic acids is 1. The van der Waals surface area contributed by atoms with Crippen LogP contribution in [0.3, 0.4) is 0 Å². The second-order valence-electron chi connectivity index (χ2n) is 22.9. The normalized spacial score (nSPS) is 19.1. The van der Waals surface area contributed by atoms with Crippen LogP contribution < -0.4 is 5.32 Å². The summed E-state index contributed by atoms with van der Waals surface area (Å²) in [4.78, 5) is 13.0. The fourth-order valence-electron chi connectivity index (χ4n) is 10.5. The van der Waals surface area contributed by atoms with Gasteiger partial charge in [-0.05, 0) is 57.8 Å². The highest BCUT2D eigenvalue weighted by molar-refractivity contribution is 5.76. The Labute approximate surface area is 469 Å². The molecule has 9 nitrogen and oxygen atoms in total. The van der Waals surface area contributed by atoms with E-state index in [2.05, 4.69) is 55.6 Å². The van der Waals surface area contributed by atoms with E-state index in [0.29, 0.717) is 6.42 Å². The minimum absolute atomic E-state index is 0.173. The zero-order chi connectivity index (χ0) is 55.0. The molecule has 1 saturated heterocycles. The zero-order valence-corrected chi connectivity index (χ0v) is 49.8. The molecule has 0 aromatic rings. The lowest BCUT2D eigenvalue weighted by molar-refractivity contribution is -0.302. The minimum atomic E-state index is -1.56. The molecular weight excluding hydrogens is 947 g/mol. The van der Waals surface area contributed by atoms with Gasteiger partial charge in [-0.2, -0.15) is 0 Å². The summed E-state index contributed by atoms with van der Waals surface area (Å²) in [6.45, 7) is 3.78. The van der Waals surface area contributed by atoms with Crippen molar-refractivity contribution in [3.8, 4) is 0 Å². The number of allylic oxidation sites excluding steroid dienone is 7. The topological polar surface area (TPSA) is 149 Å². The van der Waals surface area contributed by atoms with Gasteiger partial charge in [0.25, 0.3) is 0 Å². The third kappa shape index (κ3) is 44.9. The summed E-state index contributed by atoms with van der Waals surface area (Å²) in [5.41, 5.74) is 0. The van der Waals surface area contributed by atoms with Gasteiger partial charge in [-0.25, -0.2) is 0 Å². The van der Waals surface area contributed by atoms with Gasteiger partial charge >= 0.3 is 0 Å². The molecule has 6 N–H and O–H groups in total. The van der Waals surface area contributed by atoms with E-state index in [1.807, 2.05) is 6.08 Å². The third-order valence-electron chi connectivity index (χ3n) is 15.6. The van der Waals surface area contributed by atoms with E-state index in [9.17, 15) is 30.3 Å². The summed E-state index contributed by atoms with van der Waals surface area (Å²) in [5, 5.41) is 54.4. The van der Waals surface area contributed by atoms with Crippen molar-refractivity contribution in [3.05, 3.63) is 48.6 Å². The van der Waals surface area contributed by atoms with Crippen LogP contribution in [0.15, 0.2) is 48.6 Å². The molecule has 1 aliphatic rings. The molecule has 7 atom stereocenters. The molecule has 0 aromatic heterocycles. The van der Waals surface area contributed by atoms with Gasteiger partial charge in [-0.1, -0.05) is 300 Å². The first-order valence-electron chi connectivity index (χ1n) is 32.9. The van der Waals surface area contributed by atoms with Gasteiger partial charge in [-0.3, -0.25) is 4.79 Å². The van der Waals surface area contributed by atoms with Crippen LogP contribution in [0.4, 0.5) is 0 Å². The molecule has 9 heteroatoms. The SMILES string of the molecule is CCCCCCC/C=C\C/C=C\C/C=C\CCCCCCCCCCCCCCCCCCCCCCCCCCCCC(=O)NC(COC1OC(CO)C(O)C(O)C1O)C(O)/C=C/CCCCCCCCCCCC. The average molecular weight is 1070 g/mol. The van der Waals surface area contributed by atoms with Crippen molar-refractivity contribution in [3.63, 3.8) is 0 Å². The Morgan fingerprint density at radius 2 is 0.776 bits per heavy atom. The Morgan fingerprint density at radius 1 is 0.447 bits per heavy atom. The van der Waals surface area contributed by atoms with Gasteiger partial charge in [0.05, 0.1) is 25.4 Å². The number of ether oxygens (including phenoxy) is 2. The molecule has 0 spiro atoms. The molecule has 0 aliphatic carbocycles. The lowest BCUT2D eigenvalue weighted by Crippen LogP contribution is -2.60. The summed E-state index contributed by atoms with van der Waals surface area (Å²) in [5.74, 6) is -0.173. The molecular formula is C67H125NO8. The van der Waals surface area contributed by atoms with Crippen molar-refractivity contribution < 1.29 is 39.8 Å². The Bertz CT molecular complexity index is 1340. The van der Waals surface area contributed by atoms with Crippen molar-refractivity contribution in [2.45, 2.75) is 358 Å². The Hall–Kier alpha value is -1.85. The number of amides is 1. The second kappa shape index (κ2) is 56.4. The van der Waals surface area contributed by atoms with E-state index in [-0.39, 0.29) is 12.5 Å². The molecule has 446 valence electrons. The largest absolute Gasteiger partial charge is 0.394 e. The Kier molecular flexibility index (Phi) is 53.6. The lowest BCUT2D eigenvalue weighted by atomic mass is 9.99. The summed E-state index contributed by atoms with van der Waals surface area (Å²) in [6, 6.07) is -0.802. The number of aliphatic hydroxyl groups excluding tert-OH is 5. The standard InChI is InChI=1S/C67H125NO8/c1-3-5-7-9-11-13-15-17-18-19-20-21-22-23-24-25-26-27-28-29-30-31-32-33-34-35-36-37-38-39-40-41-42-43-44-45-47-49-51-53-55-57-63(71)68-60(59-75-67-66(74)65(73)64(72)62(58-69)76-67)61(70)56-54-52-50-48-46-16-14-12-10-8-6-4-2/h15,17,19-20,22-23,54,56,60-62,64-67,69-70,72-74H,3-14,16,18,21,24-53,55,57-59H2,1-2H3,(H,68,71)/b17-15-,20-19-,23-22-,56-54+. The van der Waals surface area contributed by atoms with Crippen LogP contribution in [0.25, 0.3) is 0 Å². The molecule has 0 aromatic carbocycles. The van der Waals surface area contributed by atoms with Crippen molar-refractivity contribution in [1.29, 1.82) is 0 Å². The lowest BCUT2D eigenvalue weighted by Gasteiger charge is -2.40. The minimum Gasteiger partial charge on any atom is -0.394 e. The Balaban J connectivity index is 2.00. The van der Waals surface area contributed by atoms with E-state index in [1.165, 1.54) is 244 Å². The maximum atomic E-state index is 13.0. The van der Waals surface area contributed by atoms with Crippen LogP contribution >= 0.6 is 0 Å². The predicted octanol–water partition coefficient (Wildman–Crippen LogP) is 17.2. The first-order valence-corrected chi connectivity index (χ1v) is 32.9. The van der Waals surface area contributed by atoms with Crippen LogP contribution in [0.1, 0.15) is 316 Å². The fourth-order valence-corrected chi connectivity index (χ4v) is 10.5. The van der Waals surface area contributed by atoms with E-state index in [1.54, 1.807) is 6.08 Å². The summed E-state index contributed by atoms with van der Waals surface area (Å²) >= 11 is 0. The fraction of sp³-hybridized carbons (Fsp3) is 0.866. The molecule has 7 unspecified atom stereocenters. The van der Waals surface area contributed by atoms with Gasteiger partial charge in [-0.15, -0.1) is 0 Å². The maximum absolute atomic E-state index is 13.0. The first-order chi connectivity index (χ1) is 37.3. The molecule has 0 radical (unpaired) electrons. The predicted molar refractivity (Wildman–Crippen MR) is 323 cm³/mol. The van der Waals surface area contributed by atoms with Gasteiger partial charge in [0.15, 0.2) is 6.29 Å². The smallest absolute Gasteiger partial charge is 0.220 e. The van der Waals surface area contributed by atoms with Crippen LogP contribution in [0.5, 0.6) is 0 Å². The number of hydrogen-bond acceptors (Lipinski definition) is 8. The van der Waals surface area contributed by atoms with Crippen molar-refractivity contribution in [2.24, 2.45) is 0 Å². The molecule has 1 amide bonds. The van der Waals surface area contributed by atoms with Crippen molar-refractivity contribution >= 4 is 5.91 Å². The average Bonchev–Trinajstić information content (AvgIpc) is 3.42. The molecule has 1 aliphatic heterocycles. The quantitative estimate of drug-likeness (QED) is 0.0261. The summed E-state index contributed by atoms with van der Waals surface area (Å²) in [6.07, 6.45) is 69.5. The van der Waals surface area contributed by atoms with E-state index < -0.39 is 49.5 Å². The molecule has 1 fully saturated rings. The van der Waals surface area contributed by atoms with E-state index in [0.717, 1.165) is 51.4 Å². The highest BCUT2D eigenvalue weighted by Crippen LogP contribution is 2.23. The summed E-state index contributed by atoms with van der Waals surface area (Å²) in [7, 11) is 0. The third-order valence-corrected chi connectivity index (χ3v) is 15.6. The highest BCUT2D eigenvalue weighted by Gasteiger charge is 2.44. The summed E-state index contributed by atoms with van der Waals surface area (Å²) < 4.78 is 11.3. The molecule has 1 rings (SSSR count). The molecule has 1 heterocycles. The van der Waals surface area contributed by atoms with Crippen LogP contribution in [-0.2, 0) is 14.3 Å². The number of nitrogens with one attached hydrogen (secondary N) is 1. The van der Waals surface area contributed by atoms with Crippen LogP contribution in [0.2, 0.25) is 0 Å². The maximum Gasteiger partial charge on any atom is 0.220 e. The molecule has 76 heavy (non-hydrogen) atoms. The number of hydrogen-bond donors (Lipinski definition) is 6. The van der Waals surface area contributed by atoms with Crippen molar-refractivity contribution in [2.75, 3.05) is 13.2 Å². The van der Waals surface area contributed by atoms with Gasteiger partial charge in [0, 0.05) is 6.42 Å². The number of aliphatic hydroxyl groups is 5. The first kappa shape index (κ1) is 72.2. The van der Waals surface area contributed by atoms with Crippen molar-refractivity contribution in [1.82, 2.24) is 5.32 Å². The van der Waals surface area contributed by atoms with Crippen LogP contribution in [-0.4, -0.2) is 87.5 Å². The van der Waals surface area contributed by atoms with E-state index >= 15 is 0 Å². The highest BCUT2D eigenvalue weighted by atomic mass is 16.7. The van der Waals surface area contributed by atoms with E-state index in [4.69, 9.17) is 9.47 Å². The number of carbonyl (C=O) groups is 1. The van der Waals surface area contributed by atoms with Gasteiger partial charge < -0.3 is 40.3 Å². The van der Waals surface area contributed by atoms with Crippen LogP contribution in [0, 0.1) is 0 Å².